The van der Waals surface area contributed by atoms with Crippen LogP contribution in [-0.2, 0) is 12.2 Å². The summed E-state index contributed by atoms with van der Waals surface area (Å²) in [6, 6.07) is 18.7. The molecular weight excluding hydrogens is 366 g/mol. The monoisotopic (exact) mass is 387 g/mol. The fraction of sp³-hybridized carbons (Fsp3) is 0.300. The van der Waals surface area contributed by atoms with E-state index in [-0.39, 0.29) is 5.25 Å². The van der Waals surface area contributed by atoms with E-state index in [1.54, 1.807) is 11.8 Å². The first-order valence-corrected chi connectivity index (χ1v) is 9.99. The van der Waals surface area contributed by atoms with Crippen LogP contribution in [-0.4, -0.2) is 23.2 Å². The maximum Gasteiger partial charge on any atom is 0.236 e. The Kier molecular flexibility index (Phi) is 6.72. The normalized spacial score (nSPS) is 13.5. The van der Waals surface area contributed by atoms with Crippen molar-refractivity contribution in [3.05, 3.63) is 82.5 Å². The van der Waals surface area contributed by atoms with Crippen molar-refractivity contribution in [1.29, 1.82) is 0 Å². The highest BCUT2D eigenvalue weighted by molar-refractivity contribution is 7.98. The van der Waals surface area contributed by atoms with Crippen LogP contribution < -0.4 is 5.32 Å². The summed E-state index contributed by atoms with van der Waals surface area (Å²) in [6.45, 7) is 2.09. The molecule has 0 radical (unpaired) electrons. The average molecular weight is 388 g/mol. The second-order valence-corrected chi connectivity index (χ2v) is 7.68. The number of hydrogen-bond acceptors (Lipinski definition) is 5. The van der Waals surface area contributed by atoms with Gasteiger partial charge in [0.05, 0.1) is 11.0 Å². The van der Waals surface area contributed by atoms with E-state index in [1.165, 1.54) is 11.1 Å². The standard InChI is InChI=1S/C20H22ClN3OS/c1-14(22-2)12-18-23-19(25-24-18)13-26-20(15-6-4-3-5-7-15)16-8-10-17(21)11-9-16/h3-11,14,20,22H,12-13H2,1-2H3. The third-order valence-electron chi connectivity index (χ3n) is 4.14. The van der Waals surface area contributed by atoms with Gasteiger partial charge in [-0.2, -0.15) is 4.98 Å². The minimum atomic E-state index is 0.181. The molecule has 0 bridgehead atoms. The molecule has 6 heteroatoms. The quantitative estimate of drug-likeness (QED) is 0.596. The van der Waals surface area contributed by atoms with Crippen LogP contribution in [0.3, 0.4) is 0 Å². The molecule has 3 rings (SSSR count). The zero-order valence-corrected chi connectivity index (χ0v) is 16.4. The molecule has 0 aliphatic carbocycles. The van der Waals surface area contributed by atoms with E-state index in [2.05, 4.69) is 58.8 Å². The van der Waals surface area contributed by atoms with Crippen molar-refractivity contribution in [2.45, 2.75) is 30.4 Å². The van der Waals surface area contributed by atoms with Crippen LogP contribution in [0, 0.1) is 0 Å². The van der Waals surface area contributed by atoms with Gasteiger partial charge in [-0.3, -0.25) is 0 Å². The number of aromatic nitrogens is 2. The van der Waals surface area contributed by atoms with Crippen LogP contribution in [0.1, 0.15) is 35.0 Å². The first-order chi connectivity index (χ1) is 12.7. The van der Waals surface area contributed by atoms with Crippen LogP contribution in [0.25, 0.3) is 0 Å². The minimum absolute atomic E-state index is 0.181. The van der Waals surface area contributed by atoms with E-state index in [4.69, 9.17) is 16.1 Å². The molecule has 1 heterocycles. The Balaban J connectivity index is 1.73. The Bertz CT molecular complexity index is 807. The molecule has 0 aliphatic heterocycles. The molecule has 1 aromatic heterocycles. The first-order valence-electron chi connectivity index (χ1n) is 8.56. The summed E-state index contributed by atoms with van der Waals surface area (Å²) < 4.78 is 5.42. The molecule has 2 unspecified atom stereocenters. The highest BCUT2D eigenvalue weighted by Crippen LogP contribution is 2.37. The van der Waals surface area contributed by atoms with E-state index >= 15 is 0 Å². The van der Waals surface area contributed by atoms with Gasteiger partial charge in [0, 0.05) is 17.5 Å². The third kappa shape index (κ3) is 5.10. The zero-order chi connectivity index (χ0) is 18.4. The SMILES string of the molecule is CNC(C)Cc1noc(CSC(c2ccccc2)c2ccc(Cl)cc2)n1. The highest BCUT2D eigenvalue weighted by atomic mass is 35.5. The molecule has 0 fully saturated rings. The molecule has 0 spiro atoms. The molecule has 4 nitrogen and oxygen atoms in total. The predicted octanol–water partition coefficient (Wildman–Crippen LogP) is 4.90. The Labute approximate surface area is 163 Å². The molecule has 3 aromatic rings. The van der Waals surface area contributed by atoms with E-state index in [0.29, 0.717) is 17.7 Å². The van der Waals surface area contributed by atoms with Gasteiger partial charge in [0.25, 0.3) is 0 Å². The fourth-order valence-electron chi connectivity index (χ4n) is 2.61. The van der Waals surface area contributed by atoms with Crippen molar-refractivity contribution in [3.8, 4) is 0 Å². The largest absolute Gasteiger partial charge is 0.338 e. The maximum absolute atomic E-state index is 6.05. The van der Waals surface area contributed by atoms with Crippen LogP contribution in [0.2, 0.25) is 5.02 Å². The maximum atomic E-state index is 6.05. The summed E-state index contributed by atoms with van der Waals surface area (Å²) >= 11 is 7.82. The van der Waals surface area contributed by atoms with Crippen molar-refractivity contribution in [3.63, 3.8) is 0 Å². The van der Waals surface area contributed by atoms with E-state index in [0.717, 1.165) is 17.3 Å². The second kappa shape index (κ2) is 9.21. The molecular formula is C20H22ClN3OS. The summed E-state index contributed by atoms with van der Waals surface area (Å²) in [5.74, 6) is 2.05. The van der Waals surface area contributed by atoms with Gasteiger partial charge in [-0.05, 0) is 37.2 Å². The van der Waals surface area contributed by atoms with Gasteiger partial charge >= 0.3 is 0 Å². The fourth-order valence-corrected chi connectivity index (χ4v) is 3.86. The van der Waals surface area contributed by atoms with Gasteiger partial charge in [-0.1, -0.05) is 59.2 Å². The van der Waals surface area contributed by atoms with E-state index in [1.807, 2.05) is 25.2 Å². The number of likely N-dealkylation sites (N-methyl/N-ethyl adjacent to an activating group) is 1. The molecule has 2 aromatic carbocycles. The number of nitrogens with one attached hydrogen (secondary N) is 1. The van der Waals surface area contributed by atoms with Gasteiger partial charge in [-0.25, -0.2) is 0 Å². The van der Waals surface area contributed by atoms with Gasteiger partial charge < -0.3 is 9.84 Å². The smallest absolute Gasteiger partial charge is 0.236 e. The Morgan fingerprint density at radius 2 is 1.77 bits per heavy atom. The highest BCUT2D eigenvalue weighted by Gasteiger charge is 2.17. The number of halogens is 1. The van der Waals surface area contributed by atoms with E-state index in [9.17, 15) is 0 Å². The molecule has 0 aliphatic rings. The molecule has 26 heavy (non-hydrogen) atoms. The lowest BCUT2D eigenvalue weighted by Gasteiger charge is -2.17. The van der Waals surface area contributed by atoms with Gasteiger partial charge in [0.2, 0.25) is 5.89 Å². The van der Waals surface area contributed by atoms with Crippen molar-refractivity contribution in [1.82, 2.24) is 15.5 Å². The number of nitrogens with zero attached hydrogens (tertiary/aromatic N) is 2. The van der Waals surface area contributed by atoms with E-state index < -0.39 is 0 Å². The van der Waals surface area contributed by atoms with Crippen molar-refractivity contribution in [2.24, 2.45) is 0 Å². The van der Waals surface area contributed by atoms with Crippen molar-refractivity contribution >= 4 is 23.4 Å². The summed E-state index contributed by atoms with van der Waals surface area (Å²) in [4.78, 5) is 4.51. The average Bonchev–Trinajstić information content (AvgIpc) is 3.11. The molecule has 1 N–H and O–H groups in total. The lowest BCUT2D eigenvalue weighted by atomic mass is 10.0. The first kappa shape index (κ1) is 19.0. The summed E-state index contributed by atoms with van der Waals surface area (Å²) in [6.07, 6.45) is 0.754. The lowest BCUT2D eigenvalue weighted by Crippen LogP contribution is -2.24. The van der Waals surface area contributed by atoms with Gasteiger partial charge in [0.15, 0.2) is 5.82 Å². The van der Waals surface area contributed by atoms with Gasteiger partial charge in [-0.15, -0.1) is 11.8 Å². The minimum Gasteiger partial charge on any atom is -0.338 e. The zero-order valence-electron chi connectivity index (χ0n) is 14.9. The number of rotatable bonds is 8. The molecule has 136 valence electrons. The lowest BCUT2D eigenvalue weighted by molar-refractivity contribution is 0.382. The van der Waals surface area contributed by atoms with Crippen LogP contribution in [0.5, 0.6) is 0 Å². The Morgan fingerprint density at radius 3 is 2.46 bits per heavy atom. The predicted molar refractivity (Wildman–Crippen MR) is 108 cm³/mol. The molecule has 0 amide bonds. The van der Waals surface area contributed by atoms with Crippen LogP contribution in [0.15, 0.2) is 59.1 Å². The van der Waals surface area contributed by atoms with Crippen LogP contribution in [0.4, 0.5) is 0 Å². The van der Waals surface area contributed by atoms with Gasteiger partial charge in [0.1, 0.15) is 0 Å². The topological polar surface area (TPSA) is 51.0 Å². The summed E-state index contributed by atoms with van der Waals surface area (Å²) in [7, 11) is 1.93. The third-order valence-corrected chi connectivity index (χ3v) is 5.68. The Morgan fingerprint density at radius 1 is 1.08 bits per heavy atom. The number of thioether (sulfide) groups is 1. The number of hydrogen-bond donors (Lipinski definition) is 1. The summed E-state index contributed by atoms with van der Waals surface area (Å²) in [5.41, 5.74) is 2.44. The Hall–Kier alpha value is -1.82. The molecule has 0 saturated carbocycles. The summed E-state index contributed by atoms with van der Waals surface area (Å²) in [5, 5.41) is 8.19. The molecule has 2 atom stereocenters. The van der Waals surface area contributed by atoms with Crippen molar-refractivity contribution < 1.29 is 4.52 Å². The second-order valence-electron chi connectivity index (χ2n) is 6.15. The van der Waals surface area contributed by atoms with Crippen molar-refractivity contribution in [2.75, 3.05) is 7.05 Å². The number of benzene rings is 2. The van der Waals surface area contributed by atoms with Crippen LogP contribution >= 0.6 is 23.4 Å². The molecule has 0 saturated heterocycles.